The summed E-state index contributed by atoms with van der Waals surface area (Å²) in [6.45, 7) is 1.86. The number of hydrogen-bond acceptors (Lipinski definition) is 3. The molecule has 5 nitrogen and oxygen atoms in total. The second-order valence-corrected chi connectivity index (χ2v) is 4.36. The summed E-state index contributed by atoms with van der Waals surface area (Å²) in [6, 6.07) is 4.90. The van der Waals surface area contributed by atoms with Gasteiger partial charge in [0.1, 0.15) is 5.82 Å². The van der Waals surface area contributed by atoms with E-state index >= 15 is 0 Å². The Hall–Kier alpha value is -1.59. The van der Waals surface area contributed by atoms with Gasteiger partial charge in [-0.1, -0.05) is 30.1 Å². The molecule has 0 amide bonds. The van der Waals surface area contributed by atoms with Gasteiger partial charge in [0.25, 0.3) is 5.82 Å². The second-order valence-electron chi connectivity index (χ2n) is 3.52. The Morgan fingerprint density at radius 2 is 2.17 bits per heavy atom. The predicted octanol–water partition coefficient (Wildman–Crippen LogP) is 2.83. The van der Waals surface area contributed by atoms with E-state index in [2.05, 4.69) is 10.1 Å². The summed E-state index contributed by atoms with van der Waals surface area (Å²) in [4.78, 5) is 14.8. The third-order valence-corrected chi connectivity index (χ3v) is 2.86. The van der Waals surface area contributed by atoms with Crippen LogP contribution in [0.2, 0.25) is 10.0 Å². The molecule has 0 aliphatic rings. The van der Waals surface area contributed by atoms with Crippen molar-refractivity contribution in [2.45, 2.75) is 13.3 Å². The summed E-state index contributed by atoms with van der Waals surface area (Å²) in [6.07, 6.45) is 0.541. The highest BCUT2D eigenvalue weighted by Gasteiger charge is 2.16. The maximum absolute atomic E-state index is 10.9. The number of nitrogens with zero attached hydrogens (tertiary/aromatic N) is 3. The van der Waals surface area contributed by atoms with Crippen LogP contribution in [0.25, 0.3) is 5.69 Å². The van der Waals surface area contributed by atoms with Gasteiger partial charge >= 0.3 is 5.97 Å². The lowest BCUT2D eigenvalue weighted by atomic mass is 10.3. The molecule has 0 aliphatic heterocycles. The molecule has 2 aromatic rings. The number of hydrogen-bond donors (Lipinski definition) is 1. The van der Waals surface area contributed by atoms with Crippen molar-refractivity contribution in [2.24, 2.45) is 0 Å². The minimum Gasteiger partial charge on any atom is -0.475 e. The molecule has 0 aliphatic carbocycles. The van der Waals surface area contributed by atoms with Crippen LogP contribution in [0, 0.1) is 0 Å². The highest BCUT2D eigenvalue weighted by Crippen LogP contribution is 2.24. The van der Waals surface area contributed by atoms with E-state index in [-0.39, 0.29) is 5.82 Å². The Morgan fingerprint density at radius 1 is 1.44 bits per heavy atom. The summed E-state index contributed by atoms with van der Waals surface area (Å²) in [5.74, 6) is -0.900. The van der Waals surface area contributed by atoms with Crippen LogP contribution in [0.5, 0.6) is 0 Å². The molecule has 1 aromatic carbocycles. The molecule has 7 heteroatoms. The van der Waals surface area contributed by atoms with Crippen molar-refractivity contribution in [1.82, 2.24) is 14.8 Å². The third-order valence-electron chi connectivity index (χ3n) is 2.32. The van der Waals surface area contributed by atoms with Gasteiger partial charge in [-0.25, -0.2) is 14.5 Å². The topological polar surface area (TPSA) is 68.0 Å². The lowest BCUT2D eigenvalue weighted by Crippen LogP contribution is -2.04. The maximum Gasteiger partial charge on any atom is 0.375 e. The zero-order valence-electron chi connectivity index (χ0n) is 9.39. The van der Waals surface area contributed by atoms with Crippen molar-refractivity contribution in [3.8, 4) is 5.69 Å². The van der Waals surface area contributed by atoms with E-state index < -0.39 is 5.97 Å². The molecule has 0 atom stereocenters. The first-order valence-electron chi connectivity index (χ1n) is 5.17. The van der Waals surface area contributed by atoms with Gasteiger partial charge in [0.05, 0.1) is 10.7 Å². The molecular formula is C11H9Cl2N3O2. The van der Waals surface area contributed by atoms with Crippen LogP contribution in [0.4, 0.5) is 0 Å². The van der Waals surface area contributed by atoms with Gasteiger partial charge in [-0.05, 0) is 18.2 Å². The summed E-state index contributed by atoms with van der Waals surface area (Å²) in [7, 11) is 0. The fourth-order valence-electron chi connectivity index (χ4n) is 1.51. The molecule has 18 heavy (non-hydrogen) atoms. The summed E-state index contributed by atoms with van der Waals surface area (Å²) >= 11 is 11.9. The van der Waals surface area contributed by atoms with Crippen LogP contribution in [-0.2, 0) is 6.42 Å². The fraction of sp³-hybridized carbons (Fsp3) is 0.182. The Morgan fingerprint density at radius 3 is 2.72 bits per heavy atom. The second kappa shape index (κ2) is 4.96. The monoisotopic (exact) mass is 285 g/mol. The minimum atomic E-state index is -1.17. The number of carboxylic acids is 1. The number of aromatic carboxylic acids is 1. The van der Waals surface area contributed by atoms with Crippen LogP contribution >= 0.6 is 23.2 Å². The Bertz CT molecular complexity index is 610. The standard InChI is InChI=1S/C11H9Cl2N3O2/c1-2-9-14-10(11(17)18)15-16(9)8-4-3-6(12)5-7(8)13/h3-5H,2H2,1H3,(H,17,18). The van der Waals surface area contributed by atoms with E-state index in [0.29, 0.717) is 28.0 Å². The molecule has 0 unspecified atom stereocenters. The fourth-order valence-corrected chi connectivity index (χ4v) is 2.00. The van der Waals surface area contributed by atoms with Crippen LogP contribution in [-0.4, -0.2) is 25.8 Å². The SMILES string of the molecule is CCc1nc(C(=O)O)nn1-c1ccc(Cl)cc1Cl. The quantitative estimate of drug-likeness (QED) is 0.942. The average Bonchev–Trinajstić information content (AvgIpc) is 2.73. The largest absolute Gasteiger partial charge is 0.475 e. The number of rotatable bonds is 3. The number of carboxylic acid groups (broad SMARTS) is 1. The zero-order chi connectivity index (χ0) is 13.3. The van der Waals surface area contributed by atoms with Crippen molar-refractivity contribution in [2.75, 3.05) is 0 Å². The molecule has 1 N–H and O–H groups in total. The Kier molecular flexibility index (Phi) is 3.54. The lowest BCUT2D eigenvalue weighted by Gasteiger charge is -2.06. The molecule has 0 bridgehead atoms. The van der Waals surface area contributed by atoms with Gasteiger partial charge in [0, 0.05) is 11.4 Å². The average molecular weight is 286 g/mol. The van der Waals surface area contributed by atoms with Gasteiger partial charge < -0.3 is 5.11 Å². The normalized spacial score (nSPS) is 10.6. The van der Waals surface area contributed by atoms with Gasteiger partial charge in [0.2, 0.25) is 0 Å². The van der Waals surface area contributed by atoms with Crippen LogP contribution in [0.15, 0.2) is 18.2 Å². The molecule has 0 fully saturated rings. The van der Waals surface area contributed by atoms with E-state index in [1.165, 1.54) is 4.68 Å². The first-order valence-corrected chi connectivity index (χ1v) is 5.93. The number of aryl methyl sites for hydroxylation is 1. The first kappa shape index (κ1) is 12.9. The van der Waals surface area contributed by atoms with E-state index in [4.69, 9.17) is 28.3 Å². The molecular weight excluding hydrogens is 277 g/mol. The minimum absolute atomic E-state index is 0.252. The number of aromatic nitrogens is 3. The van der Waals surface area contributed by atoms with E-state index in [1.807, 2.05) is 6.92 Å². The molecule has 0 saturated carbocycles. The van der Waals surface area contributed by atoms with Crippen molar-refractivity contribution in [3.05, 3.63) is 39.9 Å². The molecule has 2 rings (SSSR count). The lowest BCUT2D eigenvalue weighted by molar-refractivity contribution is 0.0683. The predicted molar refractivity (Wildman–Crippen MR) is 67.7 cm³/mol. The Balaban J connectivity index is 2.58. The van der Waals surface area contributed by atoms with Gasteiger partial charge in [-0.3, -0.25) is 0 Å². The molecule has 0 spiro atoms. The zero-order valence-corrected chi connectivity index (χ0v) is 10.9. The smallest absolute Gasteiger partial charge is 0.375 e. The van der Waals surface area contributed by atoms with Crippen molar-refractivity contribution < 1.29 is 9.90 Å². The van der Waals surface area contributed by atoms with Gasteiger partial charge in [0.15, 0.2) is 0 Å². The first-order chi connectivity index (χ1) is 8.52. The number of carbonyl (C=O) groups is 1. The van der Waals surface area contributed by atoms with Crippen molar-refractivity contribution >= 4 is 29.2 Å². The van der Waals surface area contributed by atoms with Crippen molar-refractivity contribution in [1.29, 1.82) is 0 Å². The van der Waals surface area contributed by atoms with E-state index in [0.717, 1.165) is 0 Å². The van der Waals surface area contributed by atoms with Gasteiger partial charge in [-0.15, -0.1) is 5.10 Å². The molecule has 0 saturated heterocycles. The Labute approximate surface area is 113 Å². The third kappa shape index (κ3) is 2.32. The van der Waals surface area contributed by atoms with Gasteiger partial charge in [-0.2, -0.15) is 0 Å². The molecule has 94 valence electrons. The summed E-state index contributed by atoms with van der Waals surface area (Å²) in [5, 5.41) is 13.7. The van der Waals surface area contributed by atoms with E-state index in [9.17, 15) is 4.79 Å². The highest BCUT2D eigenvalue weighted by atomic mass is 35.5. The number of halogens is 2. The van der Waals surface area contributed by atoms with E-state index in [1.54, 1.807) is 18.2 Å². The molecule has 0 radical (unpaired) electrons. The molecule has 1 aromatic heterocycles. The van der Waals surface area contributed by atoms with Crippen LogP contribution in [0.1, 0.15) is 23.4 Å². The highest BCUT2D eigenvalue weighted by molar-refractivity contribution is 6.35. The van der Waals surface area contributed by atoms with Crippen molar-refractivity contribution in [3.63, 3.8) is 0 Å². The summed E-state index contributed by atoms with van der Waals surface area (Å²) in [5.41, 5.74) is 0.554. The summed E-state index contributed by atoms with van der Waals surface area (Å²) < 4.78 is 1.42. The number of benzene rings is 1. The maximum atomic E-state index is 10.9. The van der Waals surface area contributed by atoms with Crippen LogP contribution < -0.4 is 0 Å². The molecule has 1 heterocycles. The van der Waals surface area contributed by atoms with Crippen LogP contribution in [0.3, 0.4) is 0 Å².